The van der Waals surface area contributed by atoms with E-state index in [1.54, 1.807) is 4.52 Å². The molecule has 0 spiro atoms. The highest BCUT2D eigenvalue weighted by molar-refractivity contribution is 7.98. The Labute approximate surface area is 157 Å². The second kappa shape index (κ2) is 7.86. The van der Waals surface area contributed by atoms with Crippen molar-refractivity contribution in [3.8, 4) is 0 Å². The molecule has 0 bridgehead atoms. The van der Waals surface area contributed by atoms with Gasteiger partial charge in [-0.25, -0.2) is 9.50 Å². The Morgan fingerprint density at radius 3 is 2.65 bits per heavy atom. The van der Waals surface area contributed by atoms with E-state index in [0.29, 0.717) is 17.5 Å². The first-order valence-electron chi connectivity index (χ1n) is 8.58. The number of thioether (sulfide) groups is 1. The SMILES string of the molecule is CSc1nc2nc(C)c(CC(=O)NC[C@H](C)c3ccccc3)c(C)n2n1. The molecule has 1 atom stereocenters. The van der Waals surface area contributed by atoms with Gasteiger partial charge in [-0.15, -0.1) is 5.10 Å². The predicted octanol–water partition coefficient (Wildman–Crippen LogP) is 2.93. The van der Waals surface area contributed by atoms with Crippen LogP contribution in [0.3, 0.4) is 0 Å². The second-order valence-corrected chi connectivity index (χ2v) is 7.14. The van der Waals surface area contributed by atoms with E-state index in [2.05, 4.69) is 39.4 Å². The van der Waals surface area contributed by atoms with E-state index in [4.69, 9.17) is 0 Å². The Hall–Kier alpha value is -2.41. The number of fused-ring (bicyclic) bond motifs is 1. The summed E-state index contributed by atoms with van der Waals surface area (Å²) >= 11 is 1.48. The molecule has 0 saturated carbocycles. The average molecular weight is 369 g/mol. The third-order valence-electron chi connectivity index (χ3n) is 4.52. The van der Waals surface area contributed by atoms with Crippen LogP contribution in [0, 0.1) is 13.8 Å². The number of hydrogen-bond donors (Lipinski definition) is 1. The van der Waals surface area contributed by atoms with Gasteiger partial charge in [-0.2, -0.15) is 4.98 Å². The van der Waals surface area contributed by atoms with E-state index in [1.165, 1.54) is 17.3 Å². The zero-order valence-electron chi connectivity index (χ0n) is 15.5. The summed E-state index contributed by atoms with van der Waals surface area (Å²) in [5.74, 6) is 0.832. The van der Waals surface area contributed by atoms with Crippen molar-refractivity contribution in [1.82, 2.24) is 24.9 Å². The zero-order chi connectivity index (χ0) is 18.7. The number of aryl methyl sites for hydroxylation is 2. The lowest BCUT2D eigenvalue weighted by atomic mass is 10.0. The Balaban J connectivity index is 1.71. The maximum absolute atomic E-state index is 12.5. The molecule has 0 aliphatic carbocycles. The molecule has 0 saturated heterocycles. The van der Waals surface area contributed by atoms with E-state index < -0.39 is 0 Å². The van der Waals surface area contributed by atoms with Crippen molar-refractivity contribution in [2.24, 2.45) is 0 Å². The molecule has 0 radical (unpaired) electrons. The molecule has 3 aromatic rings. The molecule has 2 heterocycles. The van der Waals surface area contributed by atoms with Crippen LogP contribution < -0.4 is 5.32 Å². The third-order valence-corrected chi connectivity index (χ3v) is 5.06. The molecular weight excluding hydrogens is 346 g/mol. The van der Waals surface area contributed by atoms with Crippen molar-refractivity contribution >= 4 is 23.4 Å². The summed E-state index contributed by atoms with van der Waals surface area (Å²) < 4.78 is 1.72. The van der Waals surface area contributed by atoms with Crippen LogP contribution in [-0.4, -0.2) is 38.3 Å². The molecule has 0 aliphatic heterocycles. The molecule has 7 heteroatoms. The molecular formula is C19H23N5OS. The first-order valence-corrected chi connectivity index (χ1v) is 9.80. The van der Waals surface area contributed by atoms with Crippen molar-refractivity contribution < 1.29 is 4.79 Å². The summed E-state index contributed by atoms with van der Waals surface area (Å²) in [6.45, 7) is 6.58. The number of aromatic nitrogens is 4. The Bertz CT molecular complexity index is 923. The van der Waals surface area contributed by atoms with Crippen molar-refractivity contribution in [1.29, 1.82) is 0 Å². The van der Waals surface area contributed by atoms with Gasteiger partial charge in [0, 0.05) is 23.5 Å². The largest absolute Gasteiger partial charge is 0.355 e. The van der Waals surface area contributed by atoms with Crippen LogP contribution in [0.2, 0.25) is 0 Å². The van der Waals surface area contributed by atoms with Gasteiger partial charge < -0.3 is 5.32 Å². The van der Waals surface area contributed by atoms with Gasteiger partial charge >= 0.3 is 0 Å². The molecule has 0 unspecified atom stereocenters. The number of carbonyl (C=O) groups excluding carboxylic acids is 1. The van der Waals surface area contributed by atoms with E-state index in [1.807, 2.05) is 38.3 Å². The molecule has 26 heavy (non-hydrogen) atoms. The number of rotatable bonds is 6. The first kappa shape index (κ1) is 18.4. The van der Waals surface area contributed by atoms with Gasteiger partial charge in [0.05, 0.1) is 6.42 Å². The lowest BCUT2D eigenvalue weighted by molar-refractivity contribution is -0.120. The lowest BCUT2D eigenvalue weighted by Crippen LogP contribution is -2.29. The lowest BCUT2D eigenvalue weighted by Gasteiger charge is -2.14. The standard InChI is InChI=1S/C19H23N5OS/c1-12(15-8-6-5-7-9-15)11-20-17(25)10-16-13(2)21-18-22-19(26-4)23-24(18)14(16)3/h5-9,12H,10-11H2,1-4H3,(H,20,25)/t12-/m0/s1. The van der Waals surface area contributed by atoms with Gasteiger partial charge in [0.1, 0.15) is 0 Å². The second-order valence-electron chi connectivity index (χ2n) is 6.36. The molecule has 0 fully saturated rings. The minimum Gasteiger partial charge on any atom is -0.355 e. The minimum absolute atomic E-state index is 0.00895. The van der Waals surface area contributed by atoms with E-state index >= 15 is 0 Å². The fourth-order valence-corrected chi connectivity index (χ4v) is 3.26. The monoisotopic (exact) mass is 369 g/mol. The number of nitrogens with one attached hydrogen (secondary N) is 1. The van der Waals surface area contributed by atoms with Crippen LogP contribution in [0.1, 0.15) is 35.4 Å². The smallest absolute Gasteiger partial charge is 0.253 e. The van der Waals surface area contributed by atoms with Gasteiger partial charge in [-0.1, -0.05) is 49.0 Å². The molecule has 0 aliphatic rings. The van der Waals surface area contributed by atoms with E-state index in [-0.39, 0.29) is 18.2 Å². The van der Waals surface area contributed by atoms with Crippen LogP contribution in [0.25, 0.3) is 5.78 Å². The fraction of sp³-hybridized carbons (Fsp3) is 0.368. The number of nitrogens with zero attached hydrogens (tertiary/aromatic N) is 4. The van der Waals surface area contributed by atoms with E-state index in [9.17, 15) is 4.79 Å². The average Bonchev–Trinajstić information content (AvgIpc) is 3.07. The zero-order valence-corrected chi connectivity index (χ0v) is 16.3. The quantitative estimate of drug-likeness (QED) is 0.677. The van der Waals surface area contributed by atoms with Gasteiger partial charge in [0.15, 0.2) is 0 Å². The van der Waals surface area contributed by atoms with Gasteiger partial charge in [0.2, 0.25) is 11.1 Å². The molecule has 1 aromatic carbocycles. The normalized spacial score (nSPS) is 12.3. The molecule has 6 nitrogen and oxygen atoms in total. The van der Waals surface area contributed by atoms with E-state index in [0.717, 1.165) is 17.0 Å². The molecule has 2 aromatic heterocycles. The van der Waals surface area contributed by atoms with Crippen LogP contribution in [-0.2, 0) is 11.2 Å². The summed E-state index contributed by atoms with van der Waals surface area (Å²) in [5.41, 5.74) is 3.85. The third kappa shape index (κ3) is 3.88. The summed E-state index contributed by atoms with van der Waals surface area (Å²) in [6.07, 6.45) is 2.22. The number of amides is 1. The number of hydrogen-bond acceptors (Lipinski definition) is 5. The highest BCUT2D eigenvalue weighted by atomic mass is 32.2. The van der Waals surface area contributed by atoms with Gasteiger partial charge in [-0.05, 0) is 31.6 Å². The maximum Gasteiger partial charge on any atom is 0.253 e. The van der Waals surface area contributed by atoms with Crippen molar-refractivity contribution in [2.45, 2.75) is 38.3 Å². The number of carbonyl (C=O) groups is 1. The summed E-state index contributed by atoms with van der Waals surface area (Å²) in [7, 11) is 0. The molecule has 3 rings (SSSR count). The predicted molar refractivity (Wildman–Crippen MR) is 104 cm³/mol. The topological polar surface area (TPSA) is 72.2 Å². The Morgan fingerprint density at radius 1 is 1.23 bits per heavy atom. The Morgan fingerprint density at radius 2 is 1.96 bits per heavy atom. The van der Waals surface area contributed by atoms with Gasteiger partial charge in [0.25, 0.3) is 5.78 Å². The maximum atomic E-state index is 12.5. The van der Waals surface area contributed by atoms with Gasteiger partial charge in [-0.3, -0.25) is 4.79 Å². The summed E-state index contributed by atoms with van der Waals surface area (Å²) in [6, 6.07) is 10.2. The molecule has 1 N–H and O–H groups in total. The molecule has 136 valence electrons. The summed E-state index contributed by atoms with van der Waals surface area (Å²) in [5, 5.41) is 8.14. The number of benzene rings is 1. The van der Waals surface area contributed by atoms with Crippen molar-refractivity contribution in [3.63, 3.8) is 0 Å². The van der Waals surface area contributed by atoms with Crippen molar-refractivity contribution in [2.75, 3.05) is 12.8 Å². The highest BCUT2D eigenvalue weighted by Gasteiger charge is 2.16. The summed E-state index contributed by atoms with van der Waals surface area (Å²) in [4.78, 5) is 21.3. The fourth-order valence-electron chi connectivity index (χ4n) is 2.92. The van der Waals surface area contributed by atoms with Crippen molar-refractivity contribution in [3.05, 3.63) is 52.8 Å². The molecule has 1 amide bonds. The van der Waals surface area contributed by atoms with Crippen LogP contribution in [0.4, 0.5) is 0 Å². The van der Waals surface area contributed by atoms with Crippen LogP contribution >= 0.6 is 11.8 Å². The highest BCUT2D eigenvalue weighted by Crippen LogP contribution is 2.17. The minimum atomic E-state index is -0.00895. The Kier molecular flexibility index (Phi) is 5.56. The van der Waals surface area contributed by atoms with Crippen LogP contribution in [0.15, 0.2) is 35.5 Å². The van der Waals surface area contributed by atoms with Crippen LogP contribution in [0.5, 0.6) is 0 Å². The first-order chi connectivity index (χ1) is 12.5.